The summed E-state index contributed by atoms with van der Waals surface area (Å²) < 4.78 is 2.10. The van der Waals surface area contributed by atoms with Crippen LogP contribution in [0.5, 0.6) is 0 Å². The molecular formula is C15H20N4O3S. The Bertz CT molecular complexity index is 766. The van der Waals surface area contributed by atoms with Crippen molar-refractivity contribution in [2.45, 2.75) is 52.0 Å². The molecule has 7 nitrogen and oxygen atoms in total. The van der Waals surface area contributed by atoms with Crippen LogP contribution in [-0.2, 0) is 10.3 Å². The molecule has 1 amide bonds. The number of carbonyl (C=O) groups excluding carboxylic acids is 1. The summed E-state index contributed by atoms with van der Waals surface area (Å²) in [6.45, 7) is 5.80. The van der Waals surface area contributed by atoms with Gasteiger partial charge in [-0.3, -0.25) is 4.79 Å². The Hall–Kier alpha value is -1.96. The van der Waals surface area contributed by atoms with E-state index in [0.717, 1.165) is 25.7 Å². The first-order chi connectivity index (χ1) is 10.8. The van der Waals surface area contributed by atoms with Gasteiger partial charge in [0.05, 0.1) is 5.54 Å². The van der Waals surface area contributed by atoms with Crippen molar-refractivity contribution in [1.29, 1.82) is 0 Å². The Balaban J connectivity index is 1.97. The number of thiazole rings is 1. The van der Waals surface area contributed by atoms with E-state index < -0.39 is 11.5 Å². The number of hydrogen-bond donors (Lipinski definition) is 2. The number of rotatable bonds is 3. The fraction of sp³-hybridized carbons (Fsp3) is 0.600. The van der Waals surface area contributed by atoms with E-state index in [1.165, 1.54) is 11.3 Å². The molecule has 0 spiro atoms. The van der Waals surface area contributed by atoms with Crippen LogP contribution >= 0.6 is 11.3 Å². The summed E-state index contributed by atoms with van der Waals surface area (Å²) in [5, 5.41) is 16.8. The van der Waals surface area contributed by atoms with Crippen LogP contribution in [0.1, 0.15) is 56.9 Å². The number of aromatic carboxylic acids is 1. The molecule has 1 saturated carbocycles. The molecule has 124 valence electrons. The number of fused-ring (bicyclic) bond motifs is 1. The van der Waals surface area contributed by atoms with E-state index in [2.05, 4.69) is 15.4 Å². The molecule has 0 bridgehead atoms. The Labute approximate surface area is 137 Å². The predicted molar refractivity (Wildman–Crippen MR) is 87.9 cm³/mol. The van der Waals surface area contributed by atoms with Crippen molar-refractivity contribution < 1.29 is 14.7 Å². The molecule has 0 atom stereocenters. The standard InChI is InChI=1S/C15H20N4O3S/c1-15(2,3)19-11-10(9(18-19)13(21)22)23-14(16-11)17-12(20)8-6-4-5-7-8/h8H,4-7H2,1-3H3,(H,21,22)(H,16,17,20). The van der Waals surface area contributed by atoms with Crippen molar-refractivity contribution in [3.63, 3.8) is 0 Å². The Morgan fingerprint density at radius 3 is 2.52 bits per heavy atom. The fourth-order valence-electron chi connectivity index (χ4n) is 2.86. The van der Waals surface area contributed by atoms with Crippen LogP contribution in [0.3, 0.4) is 0 Å². The molecule has 0 radical (unpaired) electrons. The van der Waals surface area contributed by atoms with E-state index in [-0.39, 0.29) is 17.5 Å². The summed E-state index contributed by atoms with van der Waals surface area (Å²) >= 11 is 1.17. The van der Waals surface area contributed by atoms with Crippen LogP contribution in [0, 0.1) is 5.92 Å². The number of carboxylic acid groups (broad SMARTS) is 1. The lowest BCUT2D eigenvalue weighted by Crippen LogP contribution is -2.24. The smallest absolute Gasteiger partial charge is 0.357 e. The molecule has 0 aromatic carbocycles. The topological polar surface area (TPSA) is 97.1 Å². The van der Waals surface area contributed by atoms with E-state index in [0.29, 0.717) is 15.5 Å². The van der Waals surface area contributed by atoms with Gasteiger partial charge in [0, 0.05) is 5.92 Å². The first-order valence-corrected chi connectivity index (χ1v) is 8.53. The number of carboxylic acids is 1. The second kappa shape index (κ2) is 5.59. The van der Waals surface area contributed by atoms with Gasteiger partial charge >= 0.3 is 5.97 Å². The SMILES string of the molecule is CC(C)(C)n1nc(C(=O)O)c2sc(NC(=O)C3CCCC3)nc21. The molecule has 0 aliphatic heterocycles. The summed E-state index contributed by atoms with van der Waals surface area (Å²) in [6, 6.07) is 0. The van der Waals surface area contributed by atoms with E-state index in [4.69, 9.17) is 0 Å². The zero-order chi connectivity index (χ0) is 16.8. The van der Waals surface area contributed by atoms with Gasteiger partial charge < -0.3 is 10.4 Å². The van der Waals surface area contributed by atoms with E-state index >= 15 is 0 Å². The second-order valence-corrected chi connectivity index (χ2v) is 7.88. The molecule has 2 N–H and O–H groups in total. The van der Waals surface area contributed by atoms with Gasteiger partial charge in [0.15, 0.2) is 16.5 Å². The number of anilines is 1. The summed E-state index contributed by atoms with van der Waals surface area (Å²) in [7, 11) is 0. The number of nitrogens with zero attached hydrogens (tertiary/aromatic N) is 3. The Morgan fingerprint density at radius 1 is 1.30 bits per heavy atom. The highest BCUT2D eigenvalue weighted by molar-refractivity contribution is 7.22. The molecule has 0 saturated heterocycles. The Morgan fingerprint density at radius 2 is 1.96 bits per heavy atom. The van der Waals surface area contributed by atoms with Gasteiger partial charge in [0.1, 0.15) is 4.70 Å². The van der Waals surface area contributed by atoms with E-state index in [1.807, 2.05) is 20.8 Å². The second-order valence-electron chi connectivity index (χ2n) is 6.88. The highest BCUT2D eigenvalue weighted by Crippen LogP contribution is 2.33. The average molecular weight is 336 g/mol. The van der Waals surface area contributed by atoms with Gasteiger partial charge in [0.2, 0.25) is 5.91 Å². The maximum atomic E-state index is 12.2. The van der Waals surface area contributed by atoms with E-state index in [1.54, 1.807) is 4.68 Å². The van der Waals surface area contributed by atoms with E-state index in [9.17, 15) is 14.7 Å². The van der Waals surface area contributed by atoms with Gasteiger partial charge in [-0.15, -0.1) is 0 Å². The molecule has 3 rings (SSSR count). The fourth-order valence-corrected chi connectivity index (χ4v) is 3.78. The van der Waals surface area contributed by atoms with Crippen molar-refractivity contribution in [2.24, 2.45) is 5.92 Å². The molecule has 1 aliphatic carbocycles. The minimum absolute atomic E-state index is 0.0196. The molecule has 1 fully saturated rings. The van der Waals surface area contributed by atoms with Crippen molar-refractivity contribution >= 4 is 38.7 Å². The van der Waals surface area contributed by atoms with Crippen LogP contribution < -0.4 is 5.32 Å². The minimum Gasteiger partial charge on any atom is -0.476 e. The number of hydrogen-bond acceptors (Lipinski definition) is 5. The number of aromatic nitrogens is 3. The zero-order valence-corrected chi connectivity index (χ0v) is 14.2. The van der Waals surface area contributed by atoms with Crippen molar-refractivity contribution in [2.75, 3.05) is 5.32 Å². The molecule has 2 aromatic heterocycles. The largest absolute Gasteiger partial charge is 0.476 e. The highest BCUT2D eigenvalue weighted by Gasteiger charge is 2.28. The van der Waals surface area contributed by atoms with Gasteiger partial charge in [-0.1, -0.05) is 24.2 Å². The lowest BCUT2D eigenvalue weighted by atomic mass is 10.1. The highest BCUT2D eigenvalue weighted by atomic mass is 32.1. The number of nitrogens with one attached hydrogen (secondary N) is 1. The first-order valence-electron chi connectivity index (χ1n) is 7.71. The van der Waals surface area contributed by atoms with Gasteiger partial charge in [-0.05, 0) is 33.6 Å². The first kappa shape index (κ1) is 15.9. The summed E-state index contributed by atoms with van der Waals surface area (Å²) in [5.41, 5.74) is 0.0858. The van der Waals surface area contributed by atoms with Crippen LogP contribution in [0.25, 0.3) is 10.3 Å². The number of amides is 1. The maximum Gasteiger partial charge on any atom is 0.357 e. The molecular weight excluding hydrogens is 316 g/mol. The number of carbonyl (C=O) groups is 2. The molecule has 23 heavy (non-hydrogen) atoms. The normalized spacial score (nSPS) is 16.1. The van der Waals surface area contributed by atoms with Crippen molar-refractivity contribution in [3.8, 4) is 0 Å². The van der Waals surface area contributed by atoms with Crippen LogP contribution in [0.15, 0.2) is 0 Å². The van der Waals surface area contributed by atoms with Crippen LogP contribution in [0.4, 0.5) is 5.13 Å². The van der Waals surface area contributed by atoms with Gasteiger partial charge in [-0.2, -0.15) is 10.1 Å². The molecule has 0 unspecified atom stereocenters. The zero-order valence-electron chi connectivity index (χ0n) is 13.4. The van der Waals surface area contributed by atoms with Gasteiger partial charge in [0.25, 0.3) is 0 Å². The quantitative estimate of drug-likeness (QED) is 0.898. The molecule has 1 aliphatic rings. The molecule has 2 aromatic rings. The lowest BCUT2D eigenvalue weighted by molar-refractivity contribution is -0.119. The van der Waals surface area contributed by atoms with Gasteiger partial charge in [-0.25, -0.2) is 9.48 Å². The summed E-state index contributed by atoms with van der Waals surface area (Å²) in [4.78, 5) is 28.1. The average Bonchev–Trinajstić information content (AvgIpc) is 3.11. The maximum absolute atomic E-state index is 12.2. The Kier molecular flexibility index (Phi) is 3.87. The molecule has 2 heterocycles. The molecule has 8 heteroatoms. The third-order valence-corrected chi connectivity index (χ3v) is 4.99. The summed E-state index contributed by atoms with van der Waals surface area (Å²) in [6.07, 6.45) is 3.99. The predicted octanol–water partition coefficient (Wildman–Crippen LogP) is 3.07. The van der Waals surface area contributed by atoms with Crippen molar-refractivity contribution in [3.05, 3.63) is 5.69 Å². The lowest BCUT2D eigenvalue weighted by Gasteiger charge is -2.19. The minimum atomic E-state index is -1.09. The third kappa shape index (κ3) is 2.95. The third-order valence-electron chi connectivity index (χ3n) is 4.02. The van der Waals surface area contributed by atoms with Crippen LogP contribution in [0.2, 0.25) is 0 Å². The summed E-state index contributed by atoms with van der Waals surface area (Å²) in [5.74, 6) is -1.07. The monoisotopic (exact) mass is 336 g/mol. The van der Waals surface area contributed by atoms with Crippen LogP contribution in [-0.4, -0.2) is 31.7 Å². The van der Waals surface area contributed by atoms with Crippen molar-refractivity contribution in [1.82, 2.24) is 14.8 Å².